The Balaban J connectivity index is 4.33. The third kappa shape index (κ3) is 9.21. The number of aliphatic hydroxyl groups excluding tert-OH is 1. The quantitative estimate of drug-likeness (QED) is 0.373. The van der Waals surface area contributed by atoms with E-state index in [1.54, 1.807) is 0 Å². The van der Waals surface area contributed by atoms with Crippen molar-refractivity contribution in [2.45, 2.75) is 20.3 Å². The fourth-order valence-electron chi connectivity index (χ4n) is 1.34. The molecule has 110 valence electrons. The van der Waals surface area contributed by atoms with Gasteiger partial charge in [0.1, 0.15) is 0 Å². The molecule has 1 N–H and O–H groups in total. The van der Waals surface area contributed by atoms with E-state index in [1.807, 2.05) is 13.8 Å². The Morgan fingerprint density at radius 3 is 2.42 bits per heavy atom. The van der Waals surface area contributed by atoms with Crippen molar-refractivity contribution in [3.8, 4) is 0 Å². The van der Waals surface area contributed by atoms with E-state index >= 15 is 0 Å². The predicted molar refractivity (Wildman–Crippen MR) is 70.5 cm³/mol. The van der Waals surface area contributed by atoms with Gasteiger partial charge in [0.25, 0.3) is 0 Å². The molecule has 0 saturated heterocycles. The van der Waals surface area contributed by atoms with Crippen LogP contribution in [0.5, 0.6) is 0 Å². The fourth-order valence-corrected chi connectivity index (χ4v) is 1.34. The third-order valence-corrected chi connectivity index (χ3v) is 2.28. The Kier molecular flexibility index (Phi) is 9.74. The average Bonchev–Trinajstić information content (AvgIpc) is 2.36. The van der Waals surface area contributed by atoms with Gasteiger partial charge in [0, 0.05) is 19.2 Å². The minimum absolute atomic E-state index is 0.0515. The van der Waals surface area contributed by atoms with Crippen LogP contribution in [0, 0.1) is 0 Å². The smallest absolute Gasteiger partial charge is 0.307 e. The summed E-state index contributed by atoms with van der Waals surface area (Å²) >= 11 is 0. The number of methoxy groups -OCH3 is 1. The van der Waals surface area contributed by atoms with Crippen molar-refractivity contribution in [2.24, 2.45) is 0 Å². The van der Waals surface area contributed by atoms with Gasteiger partial charge < -0.3 is 19.5 Å². The number of esters is 1. The summed E-state index contributed by atoms with van der Waals surface area (Å²) in [6.07, 6.45) is 1.67. The molecule has 0 aliphatic heterocycles. The predicted octanol–water partition coefficient (Wildman–Crippen LogP) is 0.353. The number of rotatable bonds is 9. The van der Waals surface area contributed by atoms with Crippen LogP contribution < -0.4 is 0 Å². The van der Waals surface area contributed by atoms with Crippen molar-refractivity contribution in [1.29, 1.82) is 0 Å². The molecule has 0 aliphatic rings. The maximum atomic E-state index is 11.9. The maximum absolute atomic E-state index is 11.9. The van der Waals surface area contributed by atoms with Crippen LogP contribution in [-0.4, -0.2) is 61.9 Å². The largest absolute Gasteiger partial charge is 0.469 e. The fraction of sp³-hybridized carbons (Fsp3) is 0.692. The second-order valence-corrected chi connectivity index (χ2v) is 4.21. The highest BCUT2D eigenvalue weighted by molar-refractivity contribution is 5.88. The highest BCUT2D eigenvalue weighted by Crippen LogP contribution is 1.99. The molecule has 0 aliphatic carbocycles. The third-order valence-electron chi connectivity index (χ3n) is 2.28. The van der Waals surface area contributed by atoms with E-state index in [9.17, 15) is 9.59 Å². The van der Waals surface area contributed by atoms with E-state index < -0.39 is 0 Å². The van der Waals surface area contributed by atoms with Gasteiger partial charge in [0.15, 0.2) is 0 Å². The van der Waals surface area contributed by atoms with Crippen molar-refractivity contribution in [2.75, 3.05) is 40.0 Å². The summed E-state index contributed by atoms with van der Waals surface area (Å²) in [6, 6.07) is 0. The van der Waals surface area contributed by atoms with Crippen LogP contribution in [0.2, 0.25) is 0 Å². The molecule has 0 saturated carbocycles. The standard InChI is InChI=1S/C13H23NO5/c1-11(2)10-12(16)14(5-4-13(17)18-3)6-8-19-9-7-15/h10,15H,4-9H2,1-3H3. The lowest BCUT2D eigenvalue weighted by atomic mass is 10.3. The second kappa shape index (κ2) is 10.5. The van der Waals surface area contributed by atoms with E-state index in [1.165, 1.54) is 18.1 Å². The number of nitrogens with zero attached hydrogens (tertiary/aromatic N) is 1. The van der Waals surface area contributed by atoms with Gasteiger partial charge in [-0.15, -0.1) is 0 Å². The second-order valence-electron chi connectivity index (χ2n) is 4.21. The van der Waals surface area contributed by atoms with Crippen LogP contribution in [0.15, 0.2) is 11.6 Å². The highest BCUT2D eigenvalue weighted by atomic mass is 16.5. The normalized spacial score (nSPS) is 9.89. The molecule has 0 atom stereocenters. The highest BCUT2D eigenvalue weighted by Gasteiger charge is 2.13. The lowest BCUT2D eigenvalue weighted by Crippen LogP contribution is -2.35. The monoisotopic (exact) mass is 273 g/mol. The van der Waals surface area contributed by atoms with Crippen molar-refractivity contribution in [3.05, 3.63) is 11.6 Å². The summed E-state index contributed by atoms with van der Waals surface area (Å²) in [5.41, 5.74) is 0.893. The van der Waals surface area contributed by atoms with Crippen molar-refractivity contribution in [1.82, 2.24) is 4.90 Å². The van der Waals surface area contributed by atoms with Crippen LogP contribution >= 0.6 is 0 Å². The number of allylic oxidation sites excluding steroid dienone is 1. The van der Waals surface area contributed by atoms with Gasteiger partial charge in [0.2, 0.25) is 5.91 Å². The number of carbonyl (C=O) groups excluding carboxylic acids is 2. The minimum Gasteiger partial charge on any atom is -0.469 e. The first-order valence-electron chi connectivity index (χ1n) is 6.20. The van der Waals surface area contributed by atoms with Crippen molar-refractivity contribution >= 4 is 11.9 Å². The zero-order valence-corrected chi connectivity index (χ0v) is 11.8. The lowest BCUT2D eigenvalue weighted by molar-refractivity contribution is -0.141. The van der Waals surface area contributed by atoms with Crippen LogP contribution in [0.4, 0.5) is 0 Å². The number of hydrogen-bond acceptors (Lipinski definition) is 5. The molecule has 0 aromatic rings. The Bertz CT molecular complexity index is 310. The molecular formula is C13H23NO5. The molecule has 6 nitrogen and oxygen atoms in total. The number of hydrogen-bond donors (Lipinski definition) is 1. The molecule has 0 bridgehead atoms. The van der Waals surface area contributed by atoms with E-state index in [4.69, 9.17) is 9.84 Å². The van der Waals surface area contributed by atoms with Crippen LogP contribution in [-0.2, 0) is 19.1 Å². The zero-order valence-electron chi connectivity index (χ0n) is 11.8. The van der Waals surface area contributed by atoms with Gasteiger partial charge in [0.05, 0.1) is 33.4 Å². The summed E-state index contributed by atoms with van der Waals surface area (Å²) in [7, 11) is 1.31. The summed E-state index contributed by atoms with van der Waals surface area (Å²) in [5, 5.41) is 8.59. The van der Waals surface area contributed by atoms with Crippen molar-refractivity contribution in [3.63, 3.8) is 0 Å². The summed E-state index contributed by atoms with van der Waals surface area (Å²) in [5.74, 6) is -0.511. The number of amides is 1. The molecular weight excluding hydrogens is 250 g/mol. The first-order valence-corrected chi connectivity index (χ1v) is 6.20. The Morgan fingerprint density at radius 2 is 1.89 bits per heavy atom. The lowest BCUT2D eigenvalue weighted by Gasteiger charge is -2.20. The SMILES string of the molecule is COC(=O)CCN(CCOCCO)C(=O)C=C(C)C. The molecule has 1 amide bonds. The molecule has 0 aromatic heterocycles. The molecule has 0 rings (SSSR count). The number of aliphatic hydroxyl groups is 1. The number of ether oxygens (including phenoxy) is 2. The summed E-state index contributed by atoms with van der Waals surface area (Å²) < 4.78 is 9.67. The van der Waals surface area contributed by atoms with Crippen LogP contribution in [0.1, 0.15) is 20.3 Å². The van der Waals surface area contributed by atoms with Gasteiger partial charge in [-0.1, -0.05) is 5.57 Å². The Morgan fingerprint density at radius 1 is 1.21 bits per heavy atom. The molecule has 6 heteroatoms. The average molecular weight is 273 g/mol. The molecule has 0 unspecified atom stereocenters. The van der Waals surface area contributed by atoms with Gasteiger partial charge in [-0.25, -0.2) is 0 Å². The van der Waals surface area contributed by atoms with E-state index in [0.717, 1.165) is 5.57 Å². The van der Waals surface area contributed by atoms with Gasteiger partial charge in [-0.05, 0) is 13.8 Å². The minimum atomic E-state index is -0.355. The first-order chi connectivity index (χ1) is 9.01. The molecule has 0 spiro atoms. The zero-order chi connectivity index (χ0) is 14.7. The van der Waals surface area contributed by atoms with Gasteiger partial charge in [-0.3, -0.25) is 9.59 Å². The number of carbonyl (C=O) groups is 2. The topological polar surface area (TPSA) is 76.1 Å². The van der Waals surface area contributed by atoms with E-state index in [0.29, 0.717) is 13.2 Å². The molecule has 0 radical (unpaired) electrons. The van der Waals surface area contributed by atoms with Gasteiger partial charge >= 0.3 is 5.97 Å². The van der Waals surface area contributed by atoms with E-state index in [2.05, 4.69) is 4.74 Å². The first kappa shape index (κ1) is 17.6. The Labute approximate surface area is 114 Å². The maximum Gasteiger partial charge on any atom is 0.307 e. The molecule has 0 fully saturated rings. The summed E-state index contributed by atoms with van der Waals surface area (Å²) in [6.45, 7) is 4.84. The molecule has 0 aromatic carbocycles. The van der Waals surface area contributed by atoms with Crippen molar-refractivity contribution < 1.29 is 24.2 Å². The van der Waals surface area contributed by atoms with E-state index in [-0.39, 0.29) is 38.1 Å². The van der Waals surface area contributed by atoms with Crippen LogP contribution in [0.3, 0.4) is 0 Å². The summed E-state index contributed by atoms with van der Waals surface area (Å²) in [4.78, 5) is 24.5. The van der Waals surface area contributed by atoms with Crippen LogP contribution in [0.25, 0.3) is 0 Å². The molecule has 0 heterocycles. The molecule has 19 heavy (non-hydrogen) atoms. The van der Waals surface area contributed by atoms with Gasteiger partial charge in [-0.2, -0.15) is 0 Å². The Hall–Kier alpha value is -1.40.